The van der Waals surface area contributed by atoms with E-state index in [4.69, 9.17) is 5.11 Å². The van der Waals surface area contributed by atoms with Gasteiger partial charge in [0.05, 0.1) is 5.75 Å². The lowest BCUT2D eigenvalue weighted by Crippen LogP contribution is -2.51. The number of hydrogen-bond acceptors (Lipinski definition) is 4. The summed E-state index contributed by atoms with van der Waals surface area (Å²) in [6, 6.07) is -2.76. The molecule has 7 nitrogen and oxygen atoms in total. The summed E-state index contributed by atoms with van der Waals surface area (Å²) >= 11 is 0. The van der Waals surface area contributed by atoms with Gasteiger partial charge in [0.1, 0.15) is 12.1 Å². The van der Waals surface area contributed by atoms with Gasteiger partial charge in [-0.3, -0.25) is 4.79 Å². The first-order valence-electron chi connectivity index (χ1n) is 7.00. The molecule has 10 heteroatoms. The number of alkyl halides is 2. The molecule has 0 aliphatic carbocycles. The largest absolute Gasteiger partial charge is 0.480 e. The maximum absolute atomic E-state index is 12.3. The summed E-state index contributed by atoms with van der Waals surface area (Å²) in [7, 11) is -3.61. The Labute approximate surface area is 127 Å². The maximum Gasteiger partial charge on any atom is 0.326 e. The van der Waals surface area contributed by atoms with Gasteiger partial charge in [-0.25, -0.2) is 22.0 Å². The summed E-state index contributed by atoms with van der Waals surface area (Å²) in [6.45, 7) is 1.86. The SMILES string of the molecule is CCCS(=O)(=O)N1CCCC1C(=O)NC(CC(F)F)C(=O)O. The fraction of sp³-hybridized carbons (Fsp3) is 0.833. The van der Waals surface area contributed by atoms with Crippen LogP contribution < -0.4 is 5.32 Å². The number of nitrogens with zero attached hydrogens (tertiary/aromatic N) is 1. The predicted molar refractivity (Wildman–Crippen MR) is 74.0 cm³/mol. The first-order valence-corrected chi connectivity index (χ1v) is 8.60. The summed E-state index contributed by atoms with van der Waals surface area (Å²) in [5, 5.41) is 10.9. The lowest BCUT2D eigenvalue weighted by molar-refractivity contribution is -0.143. The highest BCUT2D eigenvalue weighted by Crippen LogP contribution is 2.22. The van der Waals surface area contributed by atoms with Crippen molar-refractivity contribution in [2.45, 2.75) is 51.1 Å². The number of carboxylic acids is 1. The standard InChI is InChI=1S/C12H20F2N2O5S/c1-2-6-22(20,21)16-5-3-4-9(16)11(17)15-8(12(18)19)7-10(13)14/h8-10H,2-7H2,1H3,(H,15,17)(H,18,19). The second-order valence-corrected chi connectivity index (χ2v) is 7.15. The minimum absolute atomic E-state index is 0.115. The molecule has 2 N–H and O–H groups in total. The van der Waals surface area contributed by atoms with Crippen LogP contribution in [-0.2, 0) is 19.6 Å². The maximum atomic E-state index is 12.3. The van der Waals surface area contributed by atoms with Gasteiger partial charge in [0.25, 0.3) is 0 Å². The van der Waals surface area contributed by atoms with Crippen LogP contribution in [0.25, 0.3) is 0 Å². The first kappa shape index (κ1) is 18.8. The molecule has 0 radical (unpaired) electrons. The molecule has 22 heavy (non-hydrogen) atoms. The van der Waals surface area contributed by atoms with E-state index in [2.05, 4.69) is 0 Å². The molecule has 1 amide bonds. The fourth-order valence-corrected chi connectivity index (χ4v) is 4.12. The molecular formula is C12H20F2N2O5S. The van der Waals surface area contributed by atoms with E-state index in [0.29, 0.717) is 12.8 Å². The van der Waals surface area contributed by atoms with Gasteiger partial charge in [-0.1, -0.05) is 6.92 Å². The van der Waals surface area contributed by atoms with E-state index in [1.54, 1.807) is 6.92 Å². The van der Waals surface area contributed by atoms with E-state index >= 15 is 0 Å². The highest BCUT2D eigenvalue weighted by molar-refractivity contribution is 7.89. The van der Waals surface area contributed by atoms with Gasteiger partial charge in [0.15, 0.2) is 0 Å². The molecule has 1 rings (SSSR count). The third-order valence-corrected chi connectivity index (χ3v) is 5.43. The Morgan fingerprint density at radius 2 is 2.05 bits per heavy atom. The molecule has 2 unspecified atom stereocenters. The summed E-state index contributed by atoms with van der Waals surface area (Å²) < 4.78 is 49.8. The molecule has 0 aromatic heterocycles. The van der Waals surface area contributed by atoms with Crippen LogP contribution in [0.15, 0.2) is 0 Å². The Balaban J connectivity index is 2.80. The number of hydrogen-bond donors (Lipinski definition) is 2. The molecule has 1 aliphatic heterocycles. The number of rotatable bonds is 8. The Morgan fingerprint density at radius 3 is 2.55 bits per heavy atom. The van der Waals surface area contributed by atoms with Gasteiger partial charge in [-0.05, 0) is 19.3 Å². The molecule has 1 fully saturated rings. The highest BCUT2D eigenvalue weighted by Gasteiger charge is 2.39. The van der Waals surface area contributed by atoms with Crippen LogP contribution in [0.3, 0.4) is 0 Å². The number of carbonyl (C=O) groups excluding carboxylic acids is 1. The zero-order valence-electron chi connectivity index (χ0n) is 12.2. The normalized spacial score (nSPS) is 21.0. The highest BCUT2D eigenvalue weighted by atomic mass is 32.2. The minimum Gasteiger partial charge on any atom is -0.480 e. The van der Waals surface area contributed by atoms with Crippen LogP contribution in [0.1, 0.15) is 32.6 Å². The Bertz CT molecular complexity index is 512. The van der Waals surface area contributed by atoms with Gasteiger partial charge in [-0.15, -0.1) is 0 Å². The van der Waals surface area contributed by atoms with Crippen LogP contribution in [0.2, 0.25) is 0 Å². The van der Waals surface area contributed by atoms with Crippen molar-refractivity contribution in [2.75, 3.05) is 12.3 Å². The molecule has 1 heterocycles. The Morgan fingerprint density at radius 1 is 1.41 bits per heavy atom. The van der Waals surface area contributed by atoms with Crippen molar-refractivity contribution >= 4 is 21.9 Å². The summed E-state index contributed by atoms with van der Waals surface area (Å²) in [6.07, 6.45) is -2.81. The molecule has 2 atom stereocenters. The van der Waals surface area contributed by atoms with Crippen molar-refractivity contribution < 1.29 is 31.9 Å². The van der Waals surface area contributed by atoms with E-state index in [1.165, 1.54) is 0 Å². The van der Waals surface area contributed by atoms with E-state index in [0.717, 1.165) is 4.31 Å². The lowest BCUT2D eigenvalue weighted by Gasteiger charge is -2.24. The van der Waals surface area contributed by atoms with Gasteiger partial charge >= 0.3 is 5.97 Å². The summed E-state index contributed by atoms with van der Waals surface area (Å²) in [5.74, 6) is -2.53. The van der Waals surface area contributed by atoms with Gasteiger partial charge < -0.3 is 10.4 Å². The number of aliphatic carboxylic acids is 1. The van der Waals surface area contributed by atoms with Crippen LogP contribution in [-0.4, -0.2) is 60.5 Å². The number of carbonyl (C=O) groups is 2. The van der Waals surface area contributed by atoms with E-state index in [9.17, 15) is 26.8 Å². The van der Waals surface area contributed by atoms with E-state index < -0.39 is 46.8 Å². The molecule has 0 aromatic carbocycles. The number of sulfonamides is 1. The van der Waals surface area contributed by atoms with Crippen molar-refractivity contribution in [3.63, 3.8) is 0 Å². The fourth-order valence-electron chi connectivity index (χ4n) is 2.38. The average molecular weight is 342 g/mol. The van der Waals surface area contributed by atoms with E-state index in [1.807, 2.05) is 5.32 Å². The van der Waals surface area contributed by atoms with Crippen LogP contribution in [0, 0.1) is 0 Å². The molecule has 1 aliphatic rings. The molecular weight excluding hydrogens is 322 g/mol. The number of halogens is 2. The monoisotopic (exact) mass is 342 g/mol. The third-order valence-electron chi connectivity index (χ3n) is 3.35. The molecule has 0 aromatic rings. The van der Waals surface area contributed by atoms with Crippen LogP contribution in [0.4, 0.5) is 8.78 Å². The molecule has 0 saturated carbocycles. The number of nitrogens with one attached hydrogen (secondary N) is 1. The molecule has 128 valence electrons. The summed E-state index contributed by atoms with van der Waals surface area (Å²) in [5.41, 5.74) is 0. The zero-order valence-corrected chi connectivity index (χ0v) is 13.0. The zero-order chi connectivity index (χ0) is 16.9. The summed E-state index contributed by atoms with van der Waals surface area (Å²) in [4.78, 5) is 23.0. The Hall–Kier alpha value is -1.29. The smallest absolute Gasteiger partial charge is 0.326 e. The third kappa shape index (κ3) is 4.87. The Kier molecular flexibility index (Phi) is 6.66. The van der Waals surface area contributed by atoms with Crippen molar-refractivity contribution in [1.29, 1.82) is 0 Å². The van der Waals surface area contributed by atoms with Crippen LogP contribution >= 0.6 is 0 Å². The molecule has 1 saturated heterocycles. The van der Waals surface area contributed by atoms with Crippen LogP contribution in [0.5, 0.6) is 0 Å². The number of amides is 1. The lowest BCUT2D eigenvalue weighted by atomic mass is 10.1. The van der Waals surface area contributed by atoms with Crippen molar-refractivity contribution in [3.8, 4) is 0 Å². The molecule has 0 bridgehead atoms. The second kappa shape index (κ2) is 7.82. The van der Waals surface area contributed by atoms with E-state index in [-0.39, 0.29) is 18.7 Å². The van der Waals surface area contributed by atoms with Crippen molar-refractivity contribution in [3.05, 3.63) is 0 Å². The minimum atomic E-state index is -3.61. The quantitative estimate of drug-likeness (QED) is 0.665. The van der Waals surface area contributed by atoms with Gasteiger partial charge in [-0.2, -0.15) is 4.31 Å². The first-order chi connectivity index (χ1) is 10.2. The number of carboxylic acid groups (broad SMARTS) is 1. The predicted octanol–water partition coefficient (Wildman–Crippen LogP) is 0.415. The van der Waals surface area contributed by atoms with Gasteiger partial charge in [0, 0.05) is 13.0 Å². The van der Waals surface area contributed by atoms with Crippen molar-refractivity contribution in [1.82, 2.24) is 9.62 Å². The molecule has 0 spiro atoms. The second-order valence-electron chi connectivity index (χ2n) is 5.11. The topological polar surface area (TPSA) is 104 Å². The average Bonchev–Trinajstić information content (AvgIpc) is 2.87. The van der Waals surface area contributed by atoms with Gasteiger partial charge in [0.2, 0.25) is 22.4 Å². The van der Waals surface area contributed by atoms with Crippen molar-refractivity contribution in [2.24, 2.45) is 0 Å².